The van der Waals surface area contributed by atoms with E-state index in [2.05, 4.69) is 10.1 Å². The van der Waals surface area contributed by atoms with Crippen molar-refractivity contribution in [2.45, 2.75) is 25.6 Å². The Labute approximate surface area is 113 Å². The first kappa shape index (κ1) is 16.8. The summed E-state index contributed by atoms with van der Waals surface area (Å²) >= 11 is 0. The van der Waals surface area contributed by atoms with Crippen LogP contribution in [0, 0.1) is 11.6 Å². The van der Waals surface area contributed by atoms with Crippen LogP contribution in [0.25, 0.3) is 0 Å². The number of nitrogens with one attached hydrogen (secondary N) is 1. The first-order chi connectivity index (χ1) is 9.31. The fourth-order valence-electron chi connectivity index (χ4n) is 1.66. The molecule has 1 rings (SSSR count). The van der Waals surface area contributed by atoms with Crippen LogP contribution in [0.4, 0.5) is 22.0 Å². The normalized spacial score (nSPS) is 13.5. The molecule has 0 spiro atoms. The molecule has 1 unspecified atom stereocenters. The molecule has 0 heterocycles. The summed E-state index contributed by atoms with van der Waals surface area (Å²) in [6, 6.07) is 2.17. The van der Waals surface area contributed by atoms with E-state index < -0.39 is 30.5 Å². The van der Waals surface area contributed by atoms with Gasteiger partial charge in [0.05, 0.1) is 12.6 Å². The molecule has 0 aliphatic heterocycles. The minimum absolute atomic E-state index is 0.220. The summed E-state index contributed by atoms with van der Waals surface area (Å²) in [5.74, 6) is -1.56. The molecule has 0 saturated carbocycles. The molecular weight excluding hydrogens is 281 g/mol. The summed E-state index contributed by atoms with van der Waals surface area (Å²) in [5.41, 5.74) is 0.220. The quantitative estimate of drug-likeness (QED) is 0.777. The van der Waals surface area contributed by atoms with Gasteiger partial charge in [-0.05, 0) is 30.7 Å². The highest BCUT2D eigenvalue weighted by Gasteiger charge is 2.28. The van der Waals surface area contributed by atoms with Crippen molar-refractivity contribution in [3.8, 4) is 0 Å². The Morgan fingerprint density at radius 3 is 2.25 bits per heavy atom. The van der Waals surface area contributed by atoms with Crippen molar-refractivity contribution in [3.63, 3.8) is 0 Å². The highest BCUT2D eigenvalue weighted by Crippen LogP contribution is 2.19. The van der Waals surface area contributed by atoms with Crippen molar-refractivity contribution in [1.82, 2.24) is 5.32 Å². The van der Waals surface area contributed by atoms with E-state index in [1.165, 1.54) is 0 Å². The zero-order chi connectivity index (χ0) is 15.2. The van der Waals surface area contributed by atoms with Crippen LogP contribution in [0.1, 0.15) is 24.9 Å². The number of rotatable bonds is 7. The first-order valence-electron chi connectivity index (χ1n) is 6.15. The summed E-state index contributed by atoms with van der Waals surface area (Å²) < 4.78 is 66.9. The molecule has 1 aromatic rings. The fourth-order valence-corrected chi connectivity index (χ4v) is 1.66. The van der Waals surface area contributed by atoms with E-state index in [1.807, 2.05) is 6.92 Å². The highest BCUT2D eigenvalue weighted by atomic mass is 19.4. The van der Waals surface area contributed by atoms with Crippen LogP contribution >= 0.6 is 0 Å². The summed E-state index contributed by atoms with van der Waals surface area (Å²) in [6.07, 6.45) is -3.70. The zero-order valence-corrected chi connectivity index (χ0v) is 10.9. The molecule has 0 aromatic heterocycles. The maximum atomic E-state index is 13.1. The second-order valence-electron chi connectivity index (χ2n) is 4.34. The van der Waals surface area contributed by atoms with Crippen LogP contribution in [0.5, 0.6) is 0 Å². The lowest BCUT2D eigenvalue weighted by Gasteiger charge is -2.20. The Morgan fingerprint density at radius 1 is 1.15 bits per heavy atom. The topological polar surface area (TPSA) is 21.3 Å². The van der Waals surface area contributed by atoms with Crippen LogP contribution in [0.15, 0.2) is 18.2 Å². The number of benzene rings is 1. The summed E-state index contributed by atoms with van der Waals surface area (Å²) in [6.45, 7) is 0.655. The van der Waals surface area contributed by atoms with Gasteiger partial charge in [0.1, 0.15) is 18.2 Å². The van der Waals surface area contributed by atoms with Gasteiger partial charge in [0.15, 0.2) is 0 Å². The minimum Gasteiger partial charge on any atom is -0.370 e. The van der Waals surface area contributed by atoms with E-state index in [4.69, 9.17) is 0 Å². The third-order valence-electron chi connectivity index (χ3n) is 2.48. The van der Waals surface area contributed by atoms with Crippen molar-refractivity contribution in [2.24, 2.45) is 0 Å². The molecule has 0 saturated heterocycles. The average molecular weight is 297 g/mol. The summed E-state index contributed by atoms with van der Waals surface area (Å²) in [5, 5.41) is 2.90. The second-order valence-corrected chi connectivity index (χ2v) is 4.34. The van der Waals surface area contributed by atoms with Gasteiger partial charge in [0.2, 0.25) is 0 Å². The van der Waals surface area contributed by atoms with Gasteiger partial charge in [-0.2, -0.15) is 13.2 Å². The van der Waals surface area contributed by atoms with Crippen LogP contribution in [0.3, 0.4) is 0 Å². The lowest BCUT2D eigenvalue weighted by atomic mass is 10.1. The number of hydrogen-bond donors (Lipinski definition) is 1. The molecule has 1 N–H and O–H groups in total. The largest absolute Gasteiger partial charge is 0.411 e. The molecule has 0 aliphatic rings. The Kier molecular flexibility index (Phi) is 6.35. The Morgan fingerprint density at radius 2 is 1.75 bits per heavy atom. The van der Waals surface area contributed by atoms with Gasteiger partial charge in [-0.3, -0.25) is 0 Å². The Balaban J connectivity index is 2.72. The maximum Gasteiger partial charge on any atom is 0.411 e. The van der Waals surface area contributed by atoms with Crippen molar-refractivity contribution in [3.05, 3.63) is 35.4 Å². The molecule has 0 bridgehead atoms. The van der Waals surface area contributed by atoms with Gasteiger partial charge in [-0.1, -0.05) is 6.92 Å². The molecule has 114 valence electrons. The molecule has 7 heteroatoms. The van der Waals surface area contributed by atoms with Crippen LogP contribution in [-0.4, -0.2) is 25.9 Å². The predicted molar refractivity (Wildman–Crippen MR) is 64.3 cm³/mol. The predicted octanol–water partition coefficient (Wildman–Crippen LogP) is 3.58. The summed E-state index contributed by atoms with van der Waals surface area (Å²) in [7, 11) is 0. The molecule has 0 amide bonds. The molecule has 20 heavy (non-hydrogen) atoms. The molecule has 0 fully saturated rings. The Hall–Kier alpha value is -1.21. The third kappa shape index (κ3) is 6.29. The van der Waals surface area contributed by atoms with E-state index in [0.717, 1.165) is 18.6 Å². The molecule has 0 radical (unpaired) electrons. The monoisotopic (exact) mass is 297 g/mol. The number of hydrogen-bond acceptors (Lipinski definition) is 2. The van der Waals surface area contributed by atoms with Gasteiger partial charge in [-0.25, -0.2) is 8.78 Å². The van der Waals surface area contributed by atoms with Crippen molar-refractivity contribution < 1.29 is 26.7 Å². The van der Waals surface area contributed by atoms with E-state index in [9.17, 15) is 22.0 Å². The SMILES string of the molecule is CCCNC(COCC(F)(F)F)c1cc(F)cc(F)c1. The van der Waals surface area contributed by atoms with Gasteiger partial charge in [0.25, 0.3) is 0 Å². The van der Waals surface area contributed by atoms with Gasteiger partial charge < -0.3 is 10.1 Å². The molecule has 2 nitrogen and oxygen atoms in total. The fraction of sp³-hybridized carbons (Fsp3) is 0.538. The van der Waals surface area contributed by atoms with Crippen LogP contribution in [-0.2, 0) is 4.74 Å². The van der Waals surface area contributed by atoms with Gasteiger partial charge in [0, 0.05) is 6.07 Å². The lowest BCUT2D eigenvalue weighted by Crippen LogP contribution is -2.28. The highest BCUT2D eigenvalue weighted by molar-refractivity contribution is 5.21. The van der Waals surface area contributed by atoms with Crippen molar-refractivity contribution in [2.75, 3.05) is 19.8 Å². The van der Waals surface area contributed by atoms with E-state index in [1.54, 1.807) is 0 Å². The number of ether oxygens (including phenoxy) is 1. The molecule has 0 aliphatic carbocycles. The van der Waals surface area contributed by atoms with Crippen LogP contribution in [0.2, 0.25) is 0 Å². The molecular formula is C13H16F5NO. The smallest absolute Gasteiger partial charge is 0.370 e. The summed E-state index contributed by atoms with van der Waals surface area (Å²) in [4.78, 5) is 0. The van der Waals surface area contributed by atoms with E-state index in [0.29, 0.717) is 12.6 Å². The lowest BCUT2D eigenvalue weighted by molar-refractivity contribution is -0.175. The molecule has 1 aromatic carbocycles. The number of halogens is 5. The maximum absolute atomic E-state index is 13.1. The van der Waals surface area contributed by atoms with Gasteiger partial charge in [-0.15, -0.1) is 0 Å². The molecule has 1 atom stereocenters. The van der Waals surface area contributed by atoms with E-state index in [-0.39, 0.29) is 12.2 Å². The van der Waals surface area contributed by atoms with E-state index >= 15 is 0 Å². The standard InChI is InChI=1S/C13H16F5NO/c1-2-3-19-12(7-20-8-13(16,17)18)9-4-10(14)6-11(15)5-9/h4-6,12,19H,2-3,7-8H2,1H3. The number of alkyl halides is 3. The zero-order valence-electron chi connectivity index (χ0n) is 10.9. The van der Waals surface area contributed by atoms with Gasteiger partial charge >= 0.3 is 6.18 Å². The second kappa shape index (κ2) is 7.54. The Bertz CT molecular complexity index is 401. The first-order valence-corrected chi connectivity index (χ1v) is 6.15. The average Bonchev–Trinajstić information content (AvgIpc) is 2.30. The van der Waals surface area contributed by atoms with Crippen molar-refractivity contribution >= 4 is 0 Å². The minimum atomic E-state index is -4.43. The third-order valence-corrected chi connectivity index (χ3v) is 2.48. The van der Waals surface area contributed by atoms with Crippen LogP contribution < -0.4 is 5.32 Å². The van der Waals surface area contributed by atoms with Crippen molar-refractivity contribution in [1.29, 1.82) is 0 Å².